The van der Waals surface area contributed by atoms with Crippen molar-refractivity contribution < 1.29 is 23.1 Å². The van der Waals surface area contributed by atoms with Gasteiger partial charge in [-0.05, 0) is 24.3 Å². The van der Waals surface area contributed by atoms with Crippen molar-refractivity contribution in [3.63, 3.8) is 0 Å². The van der Waals surface area contributed by atoms with E-state index in [1.165, 1.54) is 36.4 Å². The fourth-order valence-corrected chi connectivity index (χ4v) is 1.72. The molecule has 0 aliphatic carbocycles. The number of rotatable bonds is 5. The van der Waals surface area contributed by atoms with Crippen molar-refractivity contribution in [2.75, 3.05) is 6.61 Å². The quantitative estimate of drug-likeness (QED) is 0.830. The number of para-hydroxylation sites is 1. The predicted octanol–water partition coefficient (Wildman–Crippen LogP) is 2.19. The van der Waals surface area contributed by atoms with Crippen molar-refractivity contribution in [3.05, 3.63) is 65.7 Å². The third kappa shape index (κ3) is 4.77. The summed E-state index contributed by atoms with van der Waals surface area (Å²) in [6.45, 7) is -0.0671. The van der Waals surface area contributed by atoms with Crippen LogP contribution in [0.1, 0.15) is 16.8 Å². The number of amides is 2. The minimum atomic E-state index is -0.772. The van der Waals surface area contributed by atoms with E-state index in [2.05, 4.69) is 10.9 Å². The molecule has 0 atom stereocenters. The highest BCUT2D eigenvalue weighted by atomic mass is 19.1. The molecule has 0 heterocycles. The number of benzene rings is 2. The van der Waals surface area contributed by atoms with Crippen molar-refractivity contribution in [3.8, 4) is 5.75 Å². The van der Waals surface area contributed by atoms with Crippen molar-refractivity contribution >= 4 is 11.8 Å². The van der Waals surface area contributed by atoms with Gasteiger partial charge in [-0.1, -0.05) is 24.3 Å². The first-order chi connectivity index (χ1) is 11.1. The Morgan fingerprint density at radius 3 is 2.26 bits per heavy atom. The van der Waals surface area contributed by atoms with Crippen LogP contribution in [-0.2, 0) is 4.79 Å². The molecule has 120 valence electrons. The van der Waals surface area contributed by atoms with Crippen LogP contribution in [0.5, 0.6) is 5.75 Å². The molecule has 5 nitrogen and oxygen atoms in total. The lowest BCUT2D eigenvalue weighted by Crippen LogP contribution is -2.42. The van der Waals surface area contributed by atoms with Gasteiger partial charge in [-0.25, -0.2) is 8.78 Å². The molecule has 23 heavy (non-hydrogen) atoms. The van der Waals surface area contributed by atoms with E-state index in [1.807, 2.05) is 0 Å². The van der Waals surface area contributed by atoms with Crippen LogP contribution in [0.15, 0.2) is 48.5 Å². The van der Waals surface area contributed by atoms with Gasteiger partial charge >= 0.3 is 0 Å². The molecule has 0 saturated carbocycles. The number of hydrogen-bond donors (Lipinski definition) is 2. The molecule has 0 saturated heterocycles. The third-order valence-electron chi connectivity index (χ3n) is 2.86. The fourth-order valence-electron chi connectivity index (χ4n) is 1.72. The Kier molecular flexibility index (Phi) is 5.62. The zero-order valence-electron chi connectivity index (χ0n) is 12.0. The highest BCUT2D eigenvalue weighted by Crippen LogP contribution is 2.15. The Morgan fingerprint density at radius 1 is 0.913 bits per heavy atom. The number of ether oxygens (including phenoxy) is 1. The SMILES string of the molecule is O=C(CCOc1ccccc1F)NNC(=O)c1ccccc1F. The summed E-state index contributed by atoms with van der Waals surface area (Å²) >= 11 is 0. The van der Waals surface area contributed by atoms with E-state index in [0.717, 1.165) is 6.07 Å². The standard InChI is InChI=1S/C16H14F2N2O3/c17-12-6-2-1-5-11(12)16(22)20-19-15(21)9-10-23-14-8-4-3-7-13(14)18/h1-8H,9-10H2,(H,19,21)(H,20,22). The molecule has 2 amide bonds. The molecule has 2 rings (SSSR count). The van der Waals surface area contributed by atoms with Crippen LogP contribution in [-0.4, -0.2) is 18.4 Å². The van der Waals surface area contributed by atoms with E-state index in [4.69, 9.17) is 4.74 Å². The Hall–Kier alpha value is -2.96. The van der Waals surface area contributed by atoms with Crippen LogP contribution in [0.2, 0.25) is 0 Å². The van der Waals surface area contributed by atoms with Gasteiger partial charge in [0.2, 0.25) is 5.91 Å². The largest absolute Gasteiger partial charge is 0.490 e. The number of hydrazine groups is 1. The topological polar surface area (TPSA) is 67.4 Å². The molecular weight excluding hydrogens is 306 g/mol. The van der Waals surface area contributed by atoms with E-state index < -0.39 is 23.4 Å². The van der Waals surface area contributed by atoms with Gasteiger partial charge in [0.1, 0.15) is 5.82 Å². The van der Waals surface area contributed by atoms with Crippen molar-refractivity contribution in [1.82, 2.24) is 10.9 Å². The summed E-state index contributed by atoms with van der Waals surface area (Å²) in [6, 6.07) is 11.2. The summed E-state index contributed by atoms with van der Waals surface area (Å²) in [5.41, 5.74) is 4.04. The number of nitrogens with one attached hydrogen (secondary N) is 2. The van der Waals surface area contributed by atoms with Crippen LogP contribution in [0, 0.1) is 11.6 Å². The molecule has 7 heteroatoms. The second-order valence-corrected chi connectivity index (χ2v) is 4.51. The summed E-state index contributed by atoms with van der Waals surface area (Å²) < 4.78 is 31.7. The van der Waals surface area contributed by atoms with Crippen LogP contribution in [0.3, 0.4) is 0 Å². The summed E-state index contributed by atoms with van der Waals surface area (Å²) in [7, 11) is 0. The molecule has 0 aromatic heterocycles. The van der Waals surface area contributed by atoms with Gasteiger partial charge in [-0.3, -0.25) is 20.4 Å². The minimum Gasteiger partial charge on any atom is -0.490 e. The first-order valence-corrected chi connectivity index (χ1v) is 6.79. The molecule has 2 aromatic carbocycles. The normalized spacial score (nSPS) is 10.0. The zero-order valence-corrected chi connectivity index (χ0v) is 12.0. The van der Waals surface area contributed by atoms with Gasteiger partial charge in [-0.2, -0.15) is 0 Å². The number of hydrogen-bond acceptors (Lipinski definition) is 3. The van der Waals surface area contributed by atoms with Gasteiger partial charge in [-0.15, -0.1) is 0 Å². The van der Waals surface area contributed by atoms with Gasteiger partial charge < -0.3 is 4.74 Å². The van der Waals surface area contributed by atoms with Gasteiger partial charge in [0.25, 0.3) is 5.91 Å². The van der Waals surface area contributed by atoms with Crippen LogP contribution in [0.4, 0.5) is 8.78 Å². The third-order valence-corrected chi connectivity index (χ3v) is 2.86. The van der Waals surface area contributed by atoms with Crippen molar-refractivity contribution in [2.45, 2.75) is 6.42 Å². The molecule has 0 aliphatic rings. The molecule has 0 unspecified atom stereocenters. The number of carbonyl (C=O) groups is 2. The lowest BCUT2D eigenvalue weighted by atomic mass is 10.2. The van der Waals surface area contributed by atoms with Crippen LogP contribution >= 0.6 is 0 Å². The maximum Gasteiger partial charge on any atom is 0.272 e. The van der Waals surface area contributed by atoms with Crippen molar-refractivity contribution in [1.29, 1.82) is 0 Å². The molecule has 0 aliphatic heterocycles. The predicted molar refractivity (Wildman–Crippen MR) is 78.5 cm³/mol. The van der Waals surface area contributed by atoms with Gasteiger partial charge in [0.05, 0.1) is 18.6 Å². The van der Waals surface area contributed by atoms with E-state index in [0.29, 0.717) is 0 Å². The summed E-state index contributed by atoms with van der Waals surface area (Å²) in [6.07, 6.45) is -0.105. The maximum atomic E-state index is 13.4. The smallest absolute Gasteiger partial charge is 0.272 e. The minimum absolute atomic E-state index is 0.0377. The van der Waals surface area contributed by atoms with E-state index in [9.17, 15) is 18.4 Å². The van der Waals surface area contributed by atoms with E-state index in [-0.39, 0.29) is 24.3 Å². The average molecular weight is 320 g/mol. The zero-order chi connectivity index (χ0) is 16.7. The van der Waals surface area contributed by atoms with E-state index in [1.54, 1.807) is 6.07 Å². The first kappa shape index (κ1) is 16.4. The number of carbonyl (C=O) groups excluding carboxylic acids is 2. The molecule has 0 spiro atoms. The average Bonchev–Trinajstić information content (AvgIpc) is 2.55. The molecule has 0 bridgehead atoms. The Morgan fingerprint density at radius 2 is 1.57 bits per heavy atom. The first-order valence-electron chi connectivity index (χ1n) is 6.79. The van der Waals surface area contributed by atoms with Gasteiger partial charge in [0.15, 0.2) is 11.6 Å². The molecule has 0 radical (unpaired) electrons. The summed E-state index contributed by atoms with van der Waals surface area (Å²) in [4.78, 5) is 23.2. The second-order valence-electron chi connectivity index (χ2n) is 4.51. The van der Waals surface area contributed by atoms with Gasteiger partial charge in [0, 0.05) is 0 Å². The Bertz CT molecular complexity index is 707. The lowest BCUT2D eigenvalue weighted by molar-refractivity contribution is -0.122. The Labute approximate surface area is 131 Å². The highest BCUT2D eigenvalue weighted by molar-refractivity contribution is 5.95. The summed E-state index contributed by atoms with van der Waals surface area (Å²) in [5.74, 6) is -2.50. The molecular formula is C16H14F2N2O3. The molecule has 2 aromatic rings. The highest BCUT2D eigenvalue weighted by Gasteiger charge is 2.11. The van der Waals surface area contributed by atoms with E-state index >= 15 is 0 Å². The molecule has 0 fully saturated rings. The van der Waals surface area contributed by atoms with Crippen molar-refractivity contribution in [2.24, 2.45) is 0 Å². The second kappa shape index (κ2) is 7.88. The monoisotopic (exact) mass is 320 g/mol. The van der Waals surface area contributed by atoms with Crippen LogP contribution in [0.25, 0.3) is 0 Å². The lowest BCUT2D eigenvalue weighted by Gasteiger charge is -2.09. The molecule has 2 N–H and O–H groups in total. The number of halogens is 2. The Balaban J connectivity index is 1.74. The fraction of sp³-hybridized carbons (Fsp3) is 0.125. The maximum absolute atomic E-state index is 13.4. The van der Waals surface area contributed by atoms with Crippen LogP contribution < -0.4 is 15.6 Å². The summed E-state index contributed by atoms with van der Waals surface area (Å²) in [5, 5.41) is 0.